The molecular weight excluding hydrogens is 321 g/mol. The fourth-order valence-corrected chi connectivity index (χ4v) is 5.19. The lowest BCUT2D eigenvalue weighted by atomic mass is 9.80. The first-order chi connectivity index (χ1) is 12.0. The molecule has 0 bridgehead atoms. The summed E-state index contributed by atoms with van der Waals surface area (Å²) in [4.78, 5) is 26.1. The highest BCUT2D eigenvalue weighted by Crippen LogP contribution is 2.52. The highest BCUT2D eigenvalue weighted by Gasteiger charge is 2.49. The van der Waals surface area contributed by atoms with Crippen molar-refractivity contribution in [1.29, 1.82) is 0 Å². The Morgan fingerprint density at radius 1 is 1.08 bits per heavy atom. The maximum atomic E-state index is 14.6. The Labute approximate surface area is 147 Å². The van der Waals surface area contributed by atoms with Crippen LogP contribution >= 0.6 is 0 Å². The highest BCUT2D eigenvalue weighted by molar-refractivity contribution is 5.98. The van der Waals surface area contributed by atoms with Gasteiger partial charge in [0, 0.05) is 23.4 Å². The van der Waals surface area contributed by atoms with Crippen molar-refractivity contribution in [2.24, 2.45) is 11.8 Å². The summed E-state index contributed by atoms with van der Waals surface area (Å²) in [6, 6.07) is 5.06. The number of rotatable bonds is 2. The van der Waals surface area contributed by atoms with Gasteiger partial charge in [-0.3, -0.25) is 9.59 Å². The minimum atomic E-state index is -0.760. The fourth-order valence-electron chi connectivity index (χ4n) is 5.19. The average molecular weight is 345 g/mol. The number of carbonyl (C=O) groups excluding carboxylic acids is 1. The van der Waals surface area contributed by atoms with E-state index in [4.69, 9.17) is 5.11 Å². The second-order valence-electron chi connectivity index (χ2n) is 7.93. The van der Waals surface area contributed by atoms with E-state index < -0.39 is 5.97 Å². The summed E-state index contributed by atoms with van der Waals surface area (Å²) in [5, 5.41) is 9.14. The summed E-state index contributed by atoms with van der Waals surface area (Å²) in [5.74, 6) is -1.36. The topological polar surface area (TPSA) is 57.6 Å². The standard InChI is InChI=1S/C20H24FNO3/c21-15-4-3-5-16-17(15)20(10-1-2-11-20)12-22(16)18(23)13-6-8-14(9-7-13)19(24)25/h3-5,13-14H,1-2,6-12H2,(H,24,25). The number of carboxylic acid groups (broad SMARTS) is 1. The van der Waals surface area contributed by atoms with Gasteiger partial charge in [0.2, 0.25) is 5.91 Å². The molecule has 1 aliphatic heterocycles. The molecule has 3 aliphatic rings. The van der Waals surface area contributed by atoms with E-state index in [9.17, 15) is 14.0 Å². The average Bonchev–Trinajstić information content (AvgIpc) is 3.21. The third-order valence-electron chi connectivity index (χ3n) is 6.53. The van der Waals surface area contributed by atoms with Gasteiger partial charge in [0.1, 0.15) is 5.82 Å². The van der Waals surface area contributed by atoms with Gasteiger partial charge in [-0.05, 0) is 50.7 Å². The molecule has 0 unspecified atom stereocenters. The number of halogens is 1. The number of hydrogen-bond acceptors (Lipinski definition) is 2. The van der Waals surface area contributed by atoms with Crippen LogP contribution in [0.25, 0.3) is 0 Å². The monoisotopic (exact) mass is 345 g/mol. The number of anilines is 1. The first-order valence-electron chi connectivity index (χ1n) is 9.35. The molecule has 2 fully saturated rings. The Balaban J connectivity index is 1.59. The molecule has 0 aromatic heterocycles. The van der Waals surface area contributed by atoms with Crippen molar-refractivity contribution in [3.8, 4) is 0 Å². The van der Waals surface area contributed by atoms with Crippen LogP contribution in [0.1, 0.15) is 56.9 Å². The van der Waals surface area contributed by atoms with Crippen LogP contribution in [0, 0.1) is 17.7 Å². The summed E-state index contributed by atoms with van der Waals surface area (Å²) < 4.78 is 14.6. The van der Waals surface area contributed by atoms with Gasteiger partial charge in [0.15, 0.2) is 0 Å². The molecule has 134 valence electrons. The number of carboxylic acids is 1. The van der Waals surface area contributed by atoms with Gasteiger partial charge in [-0.25, -0.2) is 4.39 Å². The van der Waals surface area contributed by atoms with E-state index in [1.165, 1.54) is 6.07 Å². The molecule has 1 heterocycles. The Kier molecular flexibility index (Phi) is 4.05. The molecule has 0 saturated heterocycles. The highest BCUT2D eigenvalue weighted by atomic mass is 19.1. The third kappa shape index (κ3) is 2.64. The molecule has 1 aromatic carbocycles. The van der Waals surface area contributed by atoms with Crippen LogP contribution in [0.5, 0.6) is 0 Å². The zero-order valence-corrected chi connectivity index (χ0v) is 14.3. The summed E-state index contributed by atoms with van der Waals surface area (Å²) in [6.07, 6.45) is 6.39. The van der Waals surface area contributed by atoms with Gasteiger partial charge in [-0.2, -0.15) is 0 Å². The summed E-state index contributed by atoms with van der Waals surface area (Å²) in [7, 11) is 0. The lowest BCUT2D eigenvalue weighted by Gasteiger charge is -2.30. The van der Waals surface area contributed by atoms with Crippen molar-refractivity contribution in [2.45, 2.75) is 56.8 Å². The van der Waals surface area contributed by atoms with E-state index in [-0.39, 0.29) is 29.0 Å². The van der Waals surface area contributed by atoms with E-state index in [1.54, 1.807) is 11.0 Å². The number of carbonyl (C=O) groups is 2. The number of aliphatic carboxylic acids is 1. The molecule has 1 N–H and O–H groups in total. The fraction of sp³-hybridized carbons (Fsp3) is 0.600. The van der Waals surface area contributed by atoms with Crippen molar-refractivity contribution in [3.05, 3.63) is 29.6 Å². The molecule has 2 aliphatic carbocycles. The van der Waals surface area contributed by atoms with Crippen molar-refractivity contribution in [1.82, 2.24) is 0 Å². The van der Waals surface area contributed by atoms with E-state index in [2.05, 4.69) is 0 Å². The molecule has 25 heavy (non-hydrogen) atoms. The Hall–Kier alpha value is -1.91. The number of amides is 1. The van der Waals surface area contributed by atoms with Crippen molar-refractivity contribution in [2.75, 3.05) is 11.4 Å². The maximum absolute atomic E-state index is 14.6. The SMILES string of the molecule is O=C(O)C1CCC(C(=O)N2CC3(CCCC3)c3c(F)cccc32)CC1. The predicted molar refractivity (Wildman–Crippen MR) is 92.0 cm³/mol. The van der Waals surface area contributed by atoms with Crippen LogP contribution in [-0.4, -0.2) is 23.5 Å². The van der Waals surface area contributed by atoms with Crippen LogP contribution in [0.15, 0.2) is 18.2 Å². The zero-order chi connectivity index (χ0) is 17.6. The molecular formula is C20H24FNO3. The van der Waals surface area contributed by atoms with E-state index in [0.29, 0.717) is 32.2 Å². The maximum Gasteiger partial charge on any atom is 0.306 e. The summed E-state index contributed by atoms with van der Waals surface area (Å²) >= 11 is 0. The van der Waals surface area contributed by atoms with Gasteiger partial charge < -0.3 is 10.0 Å². The van der Waals surface area contributed by atoms with E-state index >= 15 is 0 Å². The van der Waals surface area contributed by atoms with Crippen LogP contribution in [0.4, 0.5) is 10.1 Å². The van der Waals surface area contributed by atoms with Crippen LogP contribution in [-0.2, 0) is 15.0 Å². The first-order valence-corrected chi connectivity index (χ1v) is 9.35. The van der Waals surface area contributed by atoms with Gasteiger partial charge in [0.05, 0.1) is 11.6 Å². The molecule has 5 heteroatoms. The normalized spacial score (nSPS) is 27.5. The lowest BCUT2D eigenvalue weighted by molar-refractivity contribution is -0.144. The lowest BCUT2D eigenvalue weighted by Crippen LogP contribution is -2.40. The van der Waals surface area contributed by atoms with Crippen LogP contribution in [0.2, 0.25) is 0 Å². The molecule has 4 rings (SSSR count). The number of fused-ring (bicyclic) bond motifs is 2. The smallest absolute Gasteiger partial charge is 0.306 e. The molecule has 0 atom stereocenters. The molecule has 1 amide bonds. The van der Waals surface area contributed by atoms with E-state index in [1.807, 2.05) is 6.07 Å². The van der Waals surface area contributed by atoms with E-state index in [0.717, 1.165) is 36.9 Å². The quantitative estimate of drug-likeness (QED) is 0.885. The van der Waals surface area contributed by atoms with Gasteiger partial charge >= 0.3 is 5.97 Å². The van der Waals surface area contributed by atoms with Crippen molar-refractivity contribution in [3.63, 3.8) is 0 Å². The number of hydrogen-bond donors (Lipinski definition) is 1. The number of benzene rings is 1. The Bertz CT molecular complexity index is 703. The minimum Gasteiger partial charge on any atom is -0.481 e. The van der Waals surface area contributed by atoms with Gasteiger partial charge in [-0.15, -0.1) is 0 Å². The second kappa shape index (κ2) is 6.11. The second-order valence-corrected chi connectivity index (χ2v) is 7.93. The van der Waals surface area contributed by atoms with Crippen molar-refractivity contribution >= 4 is 17.6 Å². The molecule has 4 nitrogen and oxygen atoms in total. The minimum absolute atomic E-state index is 0.0551. The number of nitrogens with zero attached hydrogens (tertiary/aromatic N) is 1. The van der Waals surface area contributed by atoms with Gasteiger partial charge in [0.25, 0.3) is 0 Å². The zero-order valence-electron chi connectivity index (χ0n) is 14.3. The molecule has 1 spiro atoms. The first kappa shape index (κ1) is 16.6. The molecule has 1 aromatic rings. The van der Waals surface area contributed by atoms with Crippen LogP contribution in [0.3, 0.4) is 0 Å². The Morgan fingerprint density at radius 3 is 2.36 bits per heavy atom. The predicted octanol–water partition coefficient (Wildman–Crippen LogP) is 3.88. The summed E-state index contributed by atoms with van der Waals surface area (Å²) in [6.45, 7) is 0.584. The molecule has 0 radical (unpaired) electrons. The Morgan fingerprint density at radius 2 is 1.72 bits per heavy atom. The molecule has 2 saturated carbocycles. The third-order valence-corrected chi connectivity index (χ3v) is 6.53. The van der Waals surface area contributed by atoms with Gasteiger partial charge in [-0.1, -0.05) is 18.9 Å². The summed E-state index contributed by atoms with van der Waals surface area (Å²) in [5.41, 5.74) is 1.27. The van der Waals surface area contributed by atoms with Crippen molar-refractivity contribution < 1.29 is 19.1 Å². The van der Waals surface area contributed by atoms with Crippen LogP contribution < -0.4 is 4.90 Å². The largest absolute Gasteiger partial charge is 0.481 e.